The maximum atomic E-state index is 5.28. The van der Waals surface area contributed by atoms with E-state index in [0.717, 1.165) is 46.9 Å². The van der Waals surface area contributed by atoms with Crippen LogP contribution in [0.25, 0.3) is 11.0 Å². The van der Waals surface area contributed by atoms with Crippen LogP contribution in [0.5, 0.6) is 0 Å². The number of anilines is 3. The molecule has 0 radical (unpaired) electrons. The fourth-order valence-corrected chi connectivity index (χ4v) is 4.06. The van der Waals surface area contributed by atoms with Gasteiger partial charge in [0.1, 0.15) is 16.9 Å². The molecule has 3 aromatic rings. The van der Waals surface area contributed by atoms with E-state index in [1.807, 2.05) is 16.8 Å². The normalized spacial score (nSPS) is 14.5. The molecule has 160 valence electrons. The van der Waals surface area contributed by atoms with Gasteiger partial charge in [-0.15, -0.1) is 0 Å². The van der Waals surface area contributed by atoms with Crippen LogP contribution >= 0.6 is 0 Å². The van der Waals surface area contributed by atoms with E-state index in [4.69, 9.17) is 19.8 Å². The van der Waals surface area contributed by atoms with Crippen molar-refractivity contribution in [3.05, 3.63) is 29.6 Å². The molecule has 4 rings (SSSR count). The second kappa shape index (κ2) is 9.38. The summed E-state index contributed by atoms with van der Waals surface area (Å²) in [6.45, 7) is 6.28. The first-order chi connectivity index (χ1) is 14.7. The molecule has 8 heteroatoms. The van der Waals surface area contributed by atoms with Crippen LogP contribution in [0.15, 0.2) is 18.3 Å². The van der Waals surface area contributed by atoms with Crippen LogP contribution < -0.4 is 10.6 Å². The van der Waals surface area contributed by atoms with Gasteiger partial charge >= 0.3 is 0 Å². The molecule has 2 N–H and O–H groups in total. The van der Waals surface area contributed by atoms with Crippen molar-refractivity contribution in [1.82, 2.24) is 24.7 Å². The van der Waals surface area contributed by atoms with Gasteiger partial charge in [-0.2, -0.15) is 10.1 Å². The predicted octanol–water partition coefficient (Wildman–Crippen LogP) is 4.08. The first kappa shape index (κ1) is 20.5. The van der Waals surface area contributed by atoms with Gasteiger partial charge in [0, 0.05) is 19.9 Å². The van der Waals surface area contributed by atoms with Gasteiger partial charge in [-0.3, -0.25) is 4.68 Å². The first-order valence-corrected chi connectivity index (χ1v) is 10.9. The molecule has 1 fully saturated rings. The summed E-state index contributed by atoms with van der Waals surface area (Å²) >= 11 is 0. The van der Waals surface area contributed by atoms with Crippen LogP contribution in [0.2, 0.25) is 0 Å². The van der Waals surface area contributed by atoms with Crippen LogP contribution in [0.1, 0.15) is 43.9 Å². The zero-order valence-electron chi connectivity index (χ0n) is 18.1. The third-order valence-electron chi connectivity index (χ3n) is 5.68. The Bertz CT molecular complexity index is 995. The lowest BCUT2D eigenvalue weighted by Crippen LogP contribution is -2.14. The van der Waals surface area contributed by atoms with E-state index in [0.29, 0.717) is 25.0 Å². The fraction of sp³-hybridized carbons (Fsp3) is 0.545. The summed E-state index contributed by atoms with van der Waals surface area (Å²) in [5.74, 6) is 2.82. The summed E-state index contributed by atoms with van der Waals surface area (Å²) in [6, 6.07) is 3.99. The van der Waals surface area contributed by atoms with Crippen LogP contribution in [0.4, 0.5) is 17.6 Å². The number of aryl methyl sites for hydroxylation is 2. The van der Waals surface area contributed by atoms with Gasteiger partial charge in [0.15, 0.2) is 5.82 Å². The van der Waals surface area contributed by atoms with Crippen molar-refractivity contribution in [2.24, 2.45) is 5.92 Å². The zero-order valence-corrected chi connectivity index (χ0v) is 18.1. The van der Waals surface area contributed by atoms with Crippen LogP contribution in [-0.2, 0) is 17.7 Å². The van der Waals surface area contributed by atoms with Gasteiger partial charge < -0.3 is 15.4 Å². The lowest BCUT2D eigenvalue weighted by molar-refractivity contribution is 0.184. The molecule has 3 aromatic heterocycles. The highest BCUT2D eigenvalue weighted by Crippen LogP contribution is 2.29. The molecule has 30 heavy (non-hydrogen) atoms. The smallest absolute Gasteiger partial charge is 0.225 e. The molecule has 3 heterocycles. The fourth-order valence-electron chi connectivity index (χ4n) is 4.06. The largest absolute Gasteiger partial charge is 0.383 e. The predicted molar refractivity (Wildman–Crippen MR) is 119 cm³/mol. The Balaban J connectivity index is 1.73. The highest BCUT2D eigenvalue weighted by atomic mass is 16.5. The molecule has 0 bridgehead atoms. The van der Waals surface area contributed by atoms with E-state index in [9.17, 15) is 0 Å². The van der Waals surface area contributed by atoms with Gasteiger partial charge in [-0.05, 0) is 49.8 Å². The number of aromatic nitrogens is 5. The zero-order chi connectivity index (χ0) is 20.9. The van der Waals surface area contributed by atoms with E-state index in [1.165, 1.54) is 25.7 Å². The number of hydrogen-bond donors (Lipinski definition) is 2. The number of nitrogens with zero attached hydrogens (tertiary/aromatic N) is 5. The third-order valence-corrected chi connectivity index (χ3v) is 5.68. The van der Waals surface area contributed by atoms with Gasteiger partial charge in [-0.25, -0.2) is 9.97 Å². The summed E-state index contributed by atoms with van der Waals surface area (Å²) in [6.07, 6.45) is 7.81. The summed E-state index contributed by atoms with van der Waals surface area (Å²) in [5, 5.41) is 11.7. The average Bonchev–Trinajstić information content (AvgIpc) is 3.38. The molecule has 8 nitrogen and oxygen atoms in total. The van der Waals surface area contributed by atoms with Gasteiger partial charge in [0.2, 0.25) is 5.95 Å². The van der Waals surface area contributed by atoms with Gasteiger partial charge in [-0.1, -0.05) is 19.8 Å². The molecular weight excluding hydrogens is 378 g/mol. The van der Waals surface area contributed by atoms with Crippen LogP contribution in [-0.4, -0.2) is 45.0 Å². The Morgan fingerprint density at radius 3 is 2.80 bits per heavy atom. The summed E-state index contributed by atoms with van der Waals surface area (Å²) < 4.78 is 7.22. The molecular formula is C22H31N7O. The molecule has 0 atom stereocenters. The Hall–Kier alpha value is -2.74. The van der Waals surface area contributed by atoms with Crippen molar-refractivity contribution in [3.63, 3.8) is 0 Å². The lowest BCUT2D eigenvalue weighted by Gasteiger charge is -2.14. The molecule has 1 aliphatic rings. The van der Waals surface area contributed by atoms with Crippen molar-refractivity contribution in [2.45, 2.75) is 52.5 Å². The summed E-state index contributed by atoms with van der Waals surface area (Å²) in [5.41, 5.74) is 3.87. The maximum Gasteiger partial charge on any atom is 0.225 e. The van der Waals surface area contributed by atoms with Gasteiger partial charge in [0.05, 0.1) is 18.8 Å². The van der Waals surface area contributed by atoms with E-state index < -0.39 is 0 Å². The van der Waals surface area contributed by atoms with E-state index in [2.05, 4.69) is 29.5 Å². The number of pyridine rings is 1. The number of rotatable bonds is 9. The molecule has 0 amide bonds. The van der Waals surface area contributed by atoms with Gasteiger partial charge in [0.25, 0.3) is 0 Å². The SMILES string of the molecule is CCc1nn(CCOC)c2c(Nc3cc(C)ccn3)nc(NCC3CCCC3)nc12. The Morgan fingerprint density at radius 2 is 2.07 bits per heavy atom. The minimum Gasteiger partial charge on any atom is -0.383 e. The minimum absolute atomic E-state index is 0.573. The van der Waals surface area contributed by atoms with E-state index >= 15 is 0 Å². The topological polar surface area (TPSA) is 89.8 Å². The van der Waals surface area contributed by atoms with Crippen LogP contribution in [0, 0.1) is 12.8 Å². The molecule has 0 aliphatic heterocycles. The molecule has 0 saturated heterocycles. The Labute approximate surface area is 177 Å². The highest BCUT2D eigenvalue weighted by Gasteiger charge is 2.20. The van der Waals surface area contributed by atoms with Crippen molar-refractivity contribution >= 4 is 28.6 Å². The van der Waals surface area contributed by atoms with Crippen molar-refractivity contribution in [2.75, 3.05) is 30.9 Å². The summed E-state index contributed by atoms with van der Waals surface area (Å²) in [7, 11) is 1.70. The monoisotopic (exact) mass is 409 g/mol. The highest BCUT2D eigenvalue weighted by molar-refractivity contribution is 5.90. The van der Waals surface area contributed by atoms with Crippen LogP contribution in [0.3, 0.4) is 0 Å². The second-order valence-electron chi connectivity index (χ2n) is 7.98. The number of methoxy groups -OCH3 is 1. The lowest BCUT2D eigenvalue weighted by atomic mass is 10.1. The summed E-state index contributed by atoms with van der Waals surface area (Å²) in [4.78, 5) is 14.1. The number of hydrogen-bond acceptors (Lipinski definition) is 7. The van der Waals surface area contributed by atoms with Crippen molar-refractivity contribution in [1.29, 1.82) is 0 Å². The third kappa shape index (κ3) is 4.53. The minimum atomic E-state index is 0.573. The molecule has 1 saturated carbocycles. The molecule has 1 aliphatic carbocycles. The average molecular weight is 410 g/mol. The van der Waals surface area contributed by atoms with Crippen molar-refractivity contribution < 1.29 is 4.74 Å². The molecule has 0 unspecified atom stereocenters. The van der Waals surface area contributed by atoms with Crippen molar-refractivity contribution in [3.8, 4) is 0 Å². The number of fused-ring (bicyclic) bond motifs is 1. The molecule has 0 aromatic carbocycles. The number of ether oxygens (including phenoxy) is 1. The quantitative estimate of drug-likeness (QED) is 0.550. The number of nitrogens with one attached hydrogen (secondary N) is 2. The maximum absolute atomic E-state index is 5.28. The molecule has 0 spiro atoms. The van der Waals surface area contributed by atoms with E-state index in [-0.39, 0.29) is 0 Å². The standard InChI is InChI=1S/C22H31N7O/c1-4-17-19-20(29(28-17)11-12-30-3)21(25-18-13-15(2)9-10-23-18)27-22(26-19)24-14-16-7-5-6-8-16/h9-10,13,16H,4-8,11-12,14H2,1-3H3,(H2,23,24,25,26,27). The Kier molecular flexibility index (Phi) is 6.42. The Morgan fingerprint density at radius 1 is 1.23 bits per heavy atom. The van der Waals surface area contributed by atoms with E-state index in [1.54, 1.807) is 13.3 Å². The second-order valence-corrected chi connectivity index (χ2v) is 7.98. The first-order valence-electron chi connectivity index (χ1n) is 10.9.